The van der Waals surface area contributed by atoms with Crippen LogP contribution < -0.4 is 4.90 Å². The molecule has 36 heavy (non-hydrogen) atoms. The molecule has 0 radical (unpaired) electrons. The molecule has 9 heteroatoms. The van der Waals surface area contributed by atoms with Crippen LogP contribution in [0.5, 0.6) is 0 Å². The van der Waals surface area contributed by atoms with Gasteiger partial charge in [-0.3, -0.25) is 9.59 Å². The second-order valence-corrected chi connectivity index (χ2v) is 8.83. The summed E-state index contributed by atoms with van der Waals surface area (Å²) in [5, 5.41) is 0. The summed E-state index contributed by atoms with van der Waals surface area (Å²) < 4.78 is 33.3. The van der Waals surface area contributed by atoms with Crippen LogP contribution in [0.2, 0.25) is 0 Å². The van der Waals surface area contributed by atoms with Crippen LogP contribution in [-0.2, 0) is 19.1 Å². The number of ether oxygens (including phenoxy) is 1. The Labute approximate surface area is 208 Å². The van der Waals surface area contributed by atoms with Crippen LogP contribution in [0.15, 0.2) is 59.8 Å². The van der Waals surface area contributed by atoms with E-state index in [0.717, 1.165) is 0 Å². The molecule has 1 unspecified atom stereocenters. The fourth-order valence-electron chi connectivity index (χ4n) is 4.83. The van der Waals surface area contributed by atoms with Crippen molar-refractivity contribution in [3.63, 3.8) is 0 Å². The van der Waals surface area contributed by atoms with E-state index in [4.69, 9.17) is 4.74 Å². The summed E-state index contributed by atoms with van der Waals surface area (Å²) in [7, 11) is 0. The van der Waals surface area contributed by atoms with Gasteiger partial charge < -0.3 is 19.4 Å². The van der Waals surface area contributed by atoms with Crippen LogP contribution in [0.4, 0.5) is 14.5 Å². The van der Waals surface area contributed by atoms with Crippen molar-refractivity contribution in [2.24, 2.45) is 0 Å². The summed E-state index contributed by atoms with van der Waals surface area (Å²) in [5.41, 5.74) is 1.58. The number of rotatable bonds is 6. The van der Waals surface area contributed by atoms with Crippen molar-refractivity contribution in [1.29, 1.82) is 0 Å². The summed E-state index contributed by atoms with van der Waals surface area (Å²) in [5.74, 6) is -2.61. The zero-order valence-corrected chi connectivity index (χ0v) is 20.4. The number of para-hydroxylation sites is 1. The molecular weight excluding hydrogens is 468 g/mol. The third-order valence-corrected chi connectivity index (χ3v) is 6.69. The maximum atomic E-state index is 14.1. The van der Waals surface area contributed by atoms with Gasteiger partial charge in [0.15, 0.2) is 0 Å². The van der Waals surface area contributed by atoms with Gasteiger partial charge in [-0.2, -0.15) is 0 Å². The first kappa shape index (κ1) is 25.3. The standard InChI is InChI=1S/C27H29F2N3O4/c1-3-36-27(35)26-18(2)32(24(33)16-21(26)19-7-6-8-20(28)15-19)17-25(34)31-13-11-30(12-14-31)23-10-5-4-9-22(23)29/h4-10,15,21H,3,11-14,16-17H2,1-2H3. The molecule has 2 heterocycles. The second-order valence-electron chi connectivity index (χ2n) is 8.83. The van der Waals surface area contributed by atoms with Crippen molar-refractivity contribution < 1.29 is 27.9 Å². The number of amides is 2. The summed E-state index contributed by atoms with van der Waals surface area (Å²) in [6.45, 7) is 4.91. The Morgan fingerprint density at radius 2 is 1.75 bits per heavy atom. The van der Waals surface area contributed by atoms with E-state index < -0.39 is 17.7 Å². The van der Waals surface area contributed by atoms with E-state index in [-0.39, 0.29) is 42.8 Å². The maximum Gasteiger partial charge on any atom is 0.336 e. The lowest BCUT2D eigenvalue weighted by Gasteiger charge is -2.38. The van der Waals surface area contributed by atoms with Crippen molar-refractivity contribution in [3.8, 4) is 0 Å². The van der Waals surface area contributed by atoms with Crippen LogP contribution in [0.3, 0.4) is 0 Å². The highest BCUT2D eigenvalue weighted by molar-refractivity contribution is 5.97. The Morgan fingerprint density at radius 1 is 1.03 bits per heavy atom. The Balaban J connectivity index is 1.51. The third kappa shape index (κ3) is 5.24. The fourth-order valence-corrected chi connectivity index (χ4v) is 4.83. The lowest BCUT2D eigenvalue weighted by molar-refractivity contribution is -0.142. The van der Waals surface area contributed by atoms with Crippen LogP contribution in [-0.4, -0.2) is 66.9 Å². The van der Waals surface area contributed by atoms with Gasteiger partial charge in [-0.1, -0.05) is 24.3 Å². The number of halogens is 2. The molecule has 0 bridgehead atoms. The Kier molecular flexibility index (Phi) is 7.67. The van der Waals surface area contributed by atoms with Crippen LogP contribution in [0.1, 0.15) is 31.7 Å². The van der Waals surface area contributed by atoms with E-state index in [1.54, 1.807) is 43.0 Å². The van der Waals surface area contributed by atoms with Gasteiger partial charge in [-0.05, 0) is 43.7 Å². The quantitative estimate of drug-likeness (QED) is 0.572. The molecule has 2 amide bonds. The highest BCUT2D eigenvalue weighted by Gasteiger charge is 2.38. The number of carbonyl (C=O) groups is 3. The fraction of sp³-hybridized carbons (Fsp3) is 0.370. The van der Waals surface area contributed by atoms with Gasteiger partial charge in [-0.25, -0.2) is 13.6 Å². The zero-order valence-electron chi connectivity index (χ0n) is 20.4. The molecule has 0 aromatic heterocycles. The number of nitrogens with zero attached hydrogens (tertiary/aromatic N) is 3. The molecule has 7 nitrogen and oxygen atoms in total. The van der Waals surface area contributed by atoms with Crippen molar-refractivity contribution in [2.45, 2.75) is 26.2 Å². The molecule has 2 aliphatic rings. The minimum atomic E-state index is -0.664. The monoisotopic (exact) mass is 497 g/mol. The summed E-state index contributed by atoms with van der Waals surface area (Å²) >= 11 is 0. The van der Waals surface area contributed by atoms with Crippen LogP contribution >= 0.6 is 0 Å². The van der Waals surface area contributed by atoms with Gasteiger partial charge in [0.1, 0.15) is 18.2 Å². The number of carbonyl (C=O) groups excluding carboxylic acids is 3. The molecule has 4 rings (SSSR count). The van der Waals surface area contributed by atoms with E-state index in [0.29, 0.717) is 43.1 Å². The molecule has 0 saturated carbocycles. The normalized spacial score (nSPS) is 18.5. The molecular formula is C27H29F2N3O4. The summed E-state index contributed by atoms with van der Waals surface area (Å²) in [4.78, 5) is 43.9. The summed E-state index contributed by atoms with van der Waals surface area (Å²) in [6, 6.07) is 12.3. The first-order valence-corrected chi connectivity index (χ1v) is 12.0. The smallest absolute Gasteiger partial charge is 0.336 e. The van der Waals surface area contributed by atoms with E-state index in [9.17, 15) is 23.2 Å². The molecule has 2 aliphatic heterocycles. The SMILES string of the molecule is CCOC(=O)C1=C(C)N(CC(=O)N2CCN(c3ccccc3F)CC2)C(=O)CC1c1cccc(F)c1. The van der Waals surface area contributed by atoms with Gasteiger partial charge >= 0.3 is 5.97 Å². The highest BCUT2D eigenvalue weighted by Crippen LogP contribution is 2.37. The van der Waals surface area contributed by atoms with Crippen molar-refractivity contribution in [1.82, 2.24) is 9.80 Å². The van der Waals surface area contributed by atoms with E-state index in [1.165, 1.54) is 29.2 Å². The number of esters is 1. The number of hydrogen-bond acceptors (Lipinski definition) is 5. The molecule has 1 atom stereocenters. The maximum absolute atomic E-state index is 14.1. The Morgan fingerprint density at radius 3 is 2.42 bits per heavy atom. The first-order chi connectivity index (χ1) is 17.3. The molecule has 1 fully saturated rings. The highest BCUT2D eigenvalue weighted by atomic mass is 19.1. The predicted molar refractivity (Wildman–Crippen MR) is 130 cm³/mol. The molecule has 0 N–H and O–H groups in total. The van der Waals surface area contributed by atoms with E-state index >= 15 is 0 Å². The van der Waals surface area contributed by atoms with Crippen molar-refractivity contribution >= 4 is 23.5 Å². The second kappa shape index (κ2) is 10.9. The molecule has 2 aromatic carbocycles. The van der Waals surface area contributed by atoms with Gasteiger partial charge in [0.25, 0.3) is 0 Å². The lowest BCUT2D eigenvalue weighted by Crippen LogP contribution is -2.52. The van der Waals surface area contributed by atoms with Gasteiger partial charge in [0.05, 0.1) is 17.9 Å². The topological polar surface area (TPSA) is 70.2 Å². The van der Waals surface area contributed by atoms with Gasteiger partial charge in [0, 0.05) is 44.2 Å². The van der Waals surface area contributed by atoms with E-state index in [1.807, 2.05) is 4.90 Å². The summed E-state index contributed by atoms with van der Waals surface area (Å²) in [6.07, 6.45) is -0.0801. The molecule has 0 spiro atoms. The van der Waals surface area contributed by atoms with Gasteiger partial charge in [0.2, 0.25) is 11.8 Å². The average Bonchev–Trinajstić information content (AvgIpc) is 2.86. The average molecular weight is 498 g/mol. The Hall–Kier alpha value is -3.75. The predicted octanol–water partition coefficient (Wildman–Crippen LogP) is 3.47. The van der Waals surface area contributed by atoms with E-state index in [2.05, 4.69) is 0 Å². The van der Waals surface area contributed by atoms with Crippen LogP contribution in [0, 0.1) is 11.6 Å². The molecule has 1 saturated heterocycles. The Bertz CT molecular complexity index is 1190. The van der Waals surface area contributed by atoms with Crippen molar-refractivity contribution in [3.05, 3.63) is 77.0 Å². The number of benzene rings is 2. The third-order valence-electron chi connectivity index (χ3n) is 6.69. The molecule has 190 valence electrons. The minimum Gasteiger partial charge on any atom is -0.463 e. The lowest BCUT2D eigenvalue weighted by atomic mass is 9.83. The first-order valence-electron chi connectivity index (χ1n) is 12.0. The largest absolute Gasteiger partial charge is 0.463 e. The van der Waals surface area contributed by atoms with Gasteiger partial charge in [-0.15, -0.1) is 0 Å². The number of allylic oxidation sites excluding steroid dienone is 1. The minimum absolute atomic E-state index is 0.0801. The zero-order chi connectivity index (χ0) is 25.8. The number of anilines is 1. The number of piperazine rings is 1. The van der Waals surface area contributed by atoms with Crippen molar-refractivity contribution in [2.75, 3.05) is 44.2 Å². The molecule has 2 aromatic rings. The number of hydrogen-bond donors (Lipinski definition) is 0. The molecule has 0 aliphatic carbocycles. The van der Waals surface area contributed by atoms with Crippen LogP contribution in [0.25, 0.3) is 0 Å².